The van der Waals surface area contributed by atoms with E-state index in [9.17, 15) is 14.4 Å². The molecule has 7 heteroatoms. The molecule has 7 nitrogen and oxygen atoms in total. The minimum absolute atomic E-state index is 0.248. The Labute approximate surface area is 121 Å². The molecule has 1 saturated heterocycles. The molecule has 112 valence electrons. The first-order chi connectivity index (χ1) is 10.1. The summed E-state index contributed by atoms with van der Waals surface area (Å²) in [5.41, 5.74) is 0.248. The number of carbonyl (C=O) groups excluding carboxylic acids is 3. The van der Waals surface area contributed by atoms with Crippen LogP contribution in [0.3, 0.4) is 0 Å². The number of imide groups is 1. The van der Waals surface area contributed by atoms with E-state index in [0.29, 0.717) is 18.9 Å². The molecule has 1 aromatic rings. The van der Waals surface area contributed by atoms with Crippen LogP contribution in [0.1, 0.15) is 17.3 Å². The first-order valence-corrected chi connectivity index (χ1v) is 6.60. The van der Waals surface area contributed by atoms with Gasteiger partial charge >= 0.3 is 12.0 Å². The lowest BCUT2D eigenvalue weighted by Gasteiger charge is -2.13. The number of hydrogen-bond acceptors (Lipinski definition) is 5. The number of carbonyl (C=O) groups is 3. The molecule has 0 atom stereocenters. The summed E-state index contributed by atoms with van der Waals surface area (Å²) in [4.78, 5) is 36.0. The molecule has 21 heavy (non-hydrogen) atoms. The van der Waals surface area contributed by atoms with Crippen LogP contribution < -0.4 is 10.1 Å². The second-order valence-corrected chi connectivity index (χ2v) is 4.28. The highest BCUT2D eigenvalue weighted by Gasteiger charge is 2.27. The molecule has 1 N–H and O–H groups in total. The van der Waals surface area contributed by atoms with Gasteiger partial charge in [-0.3, -0.25) is 9.69 Å². The number of benzene rings is 1. The number of urea groups is 1. The standard InChI is InChI=1S/C14H16N2O5/c1-2-20-11-6-4-3-5-10(11)13(18)21-9-12(17)16-8-7-15-14(16)19/h3-6H,2,7-9H2,1H3,(H,15,19). The number of nitrogens with one attached hydrogen (secondary N) is 1. The van der Waals surface area contributed by atoms with Crippen molar-refractivity contribution in [3.8, 4) is 5.75 Å². The zero-order valence-corrected chi connectivity index (χ0v) is 11.6. The van der Waals surface area contributed by atoms with Crippen molar-refractivity contribution < 1.29 is 23.9 Å². The molecule has 0 radical (unpaired) electrons. The first-order valence-electron chi connectivity index (χ1n) is 6.60. The van der Waals surface area contributed by atoms with Gasteiger partial charge in [0.05, 0.1) is 6.61 Å². The maximum Gasteiger partial charge on any atom is 0.342 e. The molecule has 1 aliphatic heterocycles. The van der Waals surface area contributed by atoms with Crippen LogP contribution in [-0.2, 0) is 9.53 Å². The van der Waals surface area contributed by atoms with E-state index in [2.05, 4.69) is 5.32 Å². The van der Waals surface area contributed by atoms with Gasteiger partial charge in [-0.15, -0.1) is 0 Å². The lowest BCUT2D eigenvalue weighted by Crippen LogP contribution is -2.37. The largest absolute Gasteiger partial charge is 0.493 e. The Bertz CT molecular complexity index is 558. The molecule has 1 heterocycles. The van der Waals surface area contributed by atoms with Gasteiger partial charge in [0, 0.05) is 13.1 Å². The third-order valence-corrected chi connectivity index (χ3v) is 2.89. The van der Waals surface area contributed by atoms with Crippen molar-refractivity contribution in [1.82, 2.24) is 10.2 Å². The molecule has 0 spiro atoms. The van der Waals surface area contributed by atoms with Crippen LogP contribution in [0, 0.1) is 0 Å². The minimum atomic E-state index is -0.660. The lowest BCUT2D eigenvalue weighted by molar-refractivity contribution is -0.130. The van der Waals surface area contributed by atoms with Gasteiger partial charge < -0.3 is 14.8 Å². The maximum absolute atomic E-state index is 12.0. The summed E-state index contributed by atoms with van der Waals surface area (Å²) in [7, 11) is 0. The Hall–Kier alpha value is -2.57. The van der Waals surface area contributed by atoms with Gasteiger partial charge in [-0.25, -0.2) is 9.59 Å². The lowest BCUT2D eigenvalue weighted by atomic mass is 10.2. The monoisotopic (exact) mass is 292 g/mol. The molecule has 2 rings (SSSR count). The third-order valence-electron chi connectivity index (χ3n) is 2.89. The quantitative estimate of drug-likeness (QED) is 0.811. The van der Waals surface area contributed by atoms with Gasteiger partial charge in [-0.1, -0.05) is 12.1 Å². The van der Waals surface area contributed by atoms with Gasteiger partial charge in [0.2, 0.25) is 0 Å². The fourth-order valence-electron chi connectivity index (χ4n) is 1.91. The molecule has 0 aromatic heterocycles. The van der Waals surface area contributed by atoms with Crippen molar-refractivity contribution in [3.05, 3.63) is 29.8 Å². The summed E-state index contributed by atoms with van der Waals surface area (Å²) in [6, 6.07) is 6.15. The summed E-state index contributed by atoms with van der Waals surface area (Å²) in [6.45, 7) is 2.43. The molecule has 1 aromatic carbocycles. The van der Waals surface area contributed by atoms with Crippen molar-refractivity contribution in [3.63, 3.8) is 0 Å². The van der Waals surface area contributed by atoms with Crippen molar-refractivity contribution in [2.24, 2.45) is 0 Å². The number of ether oxygens (including phenoxy) is 2. The highest BCUT2D eigenvalue weighted by Crippen LogP contribution is 2.18. The fraction of sp³-hybridized carbons (Fsp3) is 0.357. The summed E-state index contributed by atoms with van der Waals surface area (Å²) < 4.78 is 10.3. The molecule has 3 amide bonds. The average molecular weight is 292 g/mol. The molecular weight excluding hydrogens is 276 g/mol. The van der Waals surface area contributed by atoms with Gasteiger partial charge in [0.1, 0.15) is 11.3 Å². The van der Waals surface area contributed by atoms with Crippen molar-refractivity contribution in [2.75, 3.05) is 26.3 Å². The topological polar surface area (TPSA) is 84.9 Å². The van der Waals surface area contributed by atoms with E-state index in [1.807, 2.05) is 0 Å². The summed E-state index contributed by atoms with van der Waals surface area (Å²) in [5, 5.41) is 2.50. The number of esters is 1. The van der Waals surface area contributed by atoms with Crippen molar-refractivity contribution in [2.45, 2.75) is 6.92 Å². The first kappa shape index (κ1) is 14.8. The van der Waals surface area contributed by atoms with Crippen LogP contribution in [0.4, 0.5) is 4.79 Å². The van der Waals surface area contributed by atoms with E-state index in [-0.39, 0.29) is 12.1 Å². The summed E-state index contributed by atoms with van der Waals surface area (Å²) in [6.07, 6.45) is 0. The second kappa shape index (κ2) is 6.74. The van der Waals surface area contributed by atoms with E-state index in [4.69, 9.17) is 9.47 Å². The van der Waals surface area contributed by atoms with Crippen LogP contribution in [0.15, 0.2) is 24.3 Å². The van der Waals surface area contributed by atoms with Crippen LogP contribution in [-0.4, -0.2) is 49.1 Å². The molecule has 0 unspecified atom stereocenters. The van der Waals surface area contributed by atoms with Crippen LogP contribution in [0.5, 0.6) is 5.75 Å². The number of hydrogen-bond donors (Lipinski definition) is 1. The minimum Gasteiger partial charge on any atom is -0.493 e. The maximum atomic E-state index is 12.0. The molecular formula is C14H16N2O5. The summed E-state index contributed by atoms with van der Waals surface area (Å²) >= 11 is 0. The Balaban J connectivity index is 1.95. The van der Waals surface area contributed by atoms with Crippen LogP contribution >= 0.6 is 0 Å². The average Bonchev–Trinajstić information content (AvgIpc) is 2.91. The van der Waals surface area contributed by atoms with Crippen LogP contribution in [0.2, 0.25) is 0 Å². The predicted molar refractivity (Wildman–Crippen MR) is 73.0 cm³/mol. The molecule has 0 saturated carbocycles. The van der Waals surface area contributed by atoms with E-state index in [1.165, 1.54) is 0 Å². The van der Waals surface area contributed by atoms with E-state index in [1.54, 1.807) is 31.2 Å². The number of para-hydroxylation sites is 1. The molecule has 0 bridgehead atoms. The van der Waals surface area contributed by atoms with E-state index >= 15 is 0 Å². The Morgan fingerprint density at radius 1 is 1.33 bits per heavy atom. The highest BCUT2D eigenvalue weighted by molar-refractivity contribution is 5.98. The van der Waals surface area contributed by atoms with Crippen LogP contribution in [0.25, 0.3) is 0 Å². The van der Waals surface area contributed by atoms with E-state index in [0.717, 1.165) is 4.90 Å². The zero-order chi connectivity index (χ0) is 15.2. The number of amides is 3. The van der Waals surface area contributed by atoms with Crippen molar-refractivity contribution >= 4 is 17.9 Å². The Morgan fingerprint density at radius 3 is 2.76 bits per heavy atom. The zero-order valence-electron chi connectivity index (χ0n) is 11.6. The molecule has 1 aliphatic rings. The van der Waals surface area contributed by atoms with E-state index < -0.39 is 24.5 Å². The third kappa shape index (κ3) is 3.50. The Kier molecular flexibility index (Phi) is 4.76. The smallest absolute Gasteiger partial charge is 0.342 e. The predicted octanol–water partition coefficient (Wildman–Crippen LogP) is 0.794. The molecule has 0 aliphatic carbocycles. The number of nitrogens with zero attached hydrogens (tertiary/aromatic N) is 1. The number of rotatable bonds is 5. The van der Waals surface area contributed by atoms with Crippen molar-refractivity contribution in [1.29, 1.82) is 0 Å². The Morgan fingerprint density at radius 2 is 2.10 bits per heavy atom. The van der Waals surface area contributed by atoms with Gasteiger partial charge in [-0.2, -0.15) is 0 Å². The van der Waals surface area contributed by atoms with Gasteiger partial charge in [0.25, 0.3) is 5.91 Å². The second-order valence-electron chi connectivity index (χ2n) is 4.28. The van der Waals surface area contributed by atoms with Gasteiger partial charge in [0.15, 0.2) is 6.61 Å². The summed E-state index contributed by atoms with van der Waals surface area (Å²) in [5.74, 6) is -0.810. The highest BCUT2D eigenvalue weighted by atomic mass is 16.5. The normalized spacial score (nSPS) is 13.8. The van der Waals surface area contributed by atoms with Gasteiger partial charge in [-0.05, 0) is 19.1 Å². The molecule has 1 fully saturated rings. The SMILES string of the molecule is CCOc1ccccc1C(=O)OCC(=O)N1CCNC1=O. The fourth-order valence-corrected chi connectivity index (χ4v) is 1.91.